The summed E-state index contributed by atoms with van der Waals surface area (Å²) < 4.78 is 10.8. The molecule has 26 heavy (non-hydrogen) atoms. The van der Waals surface area contributed by atoms with Crippen LogP contribution in [-0.4, -0.2) is 19.6 Å². The summed E-state index contributed by atoms with van der Waals surface area (Å²) in [7, 11) is 1.61. The molecule has 0 heterocycles. The van der Waals surface area contributed by atoms with Gasteiger partial charge in [-0.2, -0.15) is 0 Å². The maximum Gasteiger partial charge on any atom is 0.255 e. The summed E-state index contributed by atoms with van der Waals surface area (Å²) in [6.45, 7) is 0.599. The smallest absolute Gasteiger partial charge is 0.255 e. The van der Waals surface area contributed by atoms with Crippen LogP contribution in [0.3, 0.4) is 0 Å². The molecule has 0 radical (unpaired) electrons. The maximum absolute atomic E-state index is 12.3. The first kappa shape index (κ1) is 17.5. The Kier molecular flexibility index (Phi) is 5.88. The minimum Gasteiger partial charge on any atom is -0.497 e. The van der Waals surface area contributed by atoms with Gasteiger partial charge in [-0.05, 0) is 54.1 Å². The van der Waals surface area contributed by atoms with Crippen molar-refractivity contribution < 1.29 is 14.3 Å². The van der Waals surface area contributed by atoms with Crippen molar-refractivity contribution in [3.63, 3.8) is 0 Å². The van der Waals surface area contributed by atoms with Gasteiger partial charge in [-0.1, -0.05) is 30.3 Å². The van der Waals surface area contributed by atoms with Crippen LogP contribution in [0.5, 0.6) is 11.5 Å². The van der Waals surface area contributed by atoms with Crippen LogP contribution in [0.2, 0.25) is 0 Å². The zero-order valence-electron chi connectivity index (χ0n) is 14.6. The Labute approximate surface area is 153 Å². The van der Waals surface area contributed by atoms with Crippen LogP contribution in [0.1, 0.15) is 15.9 Å². The number of rotatable bonds is 7. The fraction of sp³-hybridized carbons (Fsp3) is 0.136. The van der Waals surface area contributed by atoms with Crippen LogP contribution in [0, 0.1) is 0 Å². The van der Waals surface area contributed by atoms with E-state index in [2.05, 4.69) is 17.4 Å². The fourth-order valence-electron chi connectivity index (χ4n) is 2.51. The quantitative estimate of drug-likeness (QED) is 0.681. The van der Waals surface area contributed by atoms with Crippen LogP contribution in [0.15, 0.2) is 78.9 Å². The molecule has 1 amide bonds. The standard InChI is InChI=1S/C22H21NO3/c1-25-20-13-9-19(10-14-20)23-22(24)18-7-11-21(12-8-18)26-16-15-17-5-3-2-4-6-17/h2-14H,15-16H2,1H3,(H,23,24). The third-order valence-corrected chi connectivity index (χ3v) is 3.97. The minimum atomic E-state index is -0.161. The molecule has 4 nitrogen and oxygen atoms in total. The first-order valence-corrected chi connectivity index (χ1v) is 8.47. The third kappa shape index (κ3) is 4.86. The number of hydrogen-bond acceptors (Lipinski definition) is 3. The van der Waals surface area contributed by atoms with Crippen LogP contribution < -0.4 is 14.8 Å². The molecule has 0 unspecified atom stereocenters. The van der Waals surface area contributed by atoms with Gasteiger partial charge in [0.05, 0.1) is 13.7 Å². The molecule has 0 fully saturated rings. The lowest BCUT2D eigenvalue weighted by Gasteiger charge is -2.08. The highest BCUT2D eigenvalue weighted by atomic mass is 16.5. The molecule has 0 bridgehead atoms. The summed E-state index contributed by atoms with van der Waals surface area (Å²) in [6, 6.07) is 24.6. The minimum absolute atomic E-state index is 0.161. The van der Waals surface area contributed by atoms with E-state index in [9.17, 15) is 4.79 Å². The lowest BCUT2D eigenvalue weighted by atomic mass is 10.2. The van der Waals surface area contributed by atoms with Gasteiger partial charge in [0.25, 0.3) is 5.91 Å². The van der Waals surface area contributed by atoms with Gasteiger partial charge in [-0.15, -0.1) is 0 Å². The van der Waals surface area contributed by atoms with Crippen molar-refractivity contribution in [3.05, 3.63) is 90.0 Å². The topological polar surface area (TPSA) is 47.6 Å². The number of ether oxygens (including phenoxy) is 2. The Morgan fingerprint density at radius 1 is 0.846 bits per heavy atom. The van der Waals surface area contributed by atoms with E-state index >= 15 is 0 Å². The highest BCUT2D eigenvalue weighted by Gasteiger charge is 2.06. The van der Waals surface area contributed by atoms with Gasteiger partial charge in [0.15, 0.2) is 0 Å². The number of methoxy groups -OCH3 is 1. The zero-order valence-corrected chi connectivity index (χ0v) is 14.6. The van der Waals surface area contributed by atoms with Gasteiger partial charge in [0.1, 0.15) is 11.5 Å². The van der Waals surface area contributed by atoms with Gasteiger partial charge in [-0.25, -0.2) is 0 Å². The molecule has 0 atom stereocenters. The molecule has 3 aromatic rings. The molecule has 0 saturated heterocycles. The third-order valence-electron chi connectivity index (χ3n) is 3.97. The van der Waals surface area contributed by atoms with Crippen LogP contribution in [0.4, 0.5) is 5.69 Å². The van der Waals surface area contributed by atoms with Crippen molar-refractivity contribution in [2.45, 2.75) is 6.42 Å². The van der Waals surface area contributed by atoms with Crippen LogP contribution in [-0.2, 0) is 6.42 Å². The van der Waals surface area contributed by atoms with Crippen molar-refractivity contribution in [3.8, 4) is 11.5 Å². The van der Waals surface area contributed by atoms with Gasteiger partial charge < -0.3 is 14.8 Å². The molecule has 0 spiro atoms. The SMILES string of the molecule is COc1ccc(NC(=O)c2ccc(OCCc3ccccc3)cc2)cc1. The molecule has 4 heteroatoms. The maximum atomic E-state index is 12.3. The molecule has 0 aliphatic carbocycles. The Morgan fingerprint density at radius 3 is 2.15 bits per heavy atom. The first-order valence-electron chi connectivity index (χ1n) is 8.47. The van der Waals surface area contributed by atoms with E-state index in [1.165, 1.54) is 5.56 Å². The summed E-state index contributed by atoms with van der Waals surface area (Å²) in [4.78, 5) is 12.3. The van der Waals surface area contributed by atoms with Crippen molar-refractivity contribution in [2.24, 2.45) is 0 Å². The van der Waals surface area contributed by atoms with Crippen LogP contribution in [0.25, 0.3) is 0 Å². The van der Waals surface area contributed by atoms with Crippen molar-refractivity contribution in [1.82, 2.24) is 0 Å². The molecule has 0 aliphatic rings. The Hall–Kier alpha value is -3.27. The number of carbonyl (C=O) groups excluding carboxylic acids is 1. The predicted octanol–water partition coefficient (Wildman–Crippen LogP) is 4.57. The Bertz CT molecular complexity index is 828. The highest BCUT2D eigenvalue weighted by molar-refractivity contribution is 6.04. The molecule has 3 rings (SSSR count). The molecule has 0 aromatic heterocycles. The van der Waals surface area contributed by atoms with Gasteiger partial charge >= 0.3 is 0 Å². The average Bonchev–Trinajstić information content (AvgIpc) is 2.70. The lowest BCUT2D eigenvalue weighted by molar-refractivity contribution is 0.102. The number of anilines is 1. The van der Waals surface area contributed by atoms with E-state index in [1.807, 2.05) is 30.3 Å². The van der Waals surface area contributed by atoms with E-state index in [-0.39, 0.29) is 5.91 Å². The monoisotopic (exact) mass is 347 g/mol. The normalized spacial score (nSPS) is 10.2. The number of hydrogen-bond donors (Lipinski definition) is 1. The number of benzene rings is 3. The van der Waals surface area contributed by atoms with E-state index in [4.69, 9.17) is 9.47 Å². The number of amides is 1. The average molecular weight is 347 g/mol. The molecular formula is C22H21NO3. The number of nitrogens with one attached hydrogen (secondary N) is 1. The molecule has 132 valence electrons. The van der Waals surface area contributed by atoms with Crippen molar-refractivity contribution >= 4 is 11.6 Å². The van der Waals surface area contributed by atoms with Crippen molar-refractivity contribution in [1.29, 1.82) is 0 Å². The molecule has 0 saturated carbocycles. The summed E-state index contributed by atoms with van der Waals surface area (Å²) in [5.74, 6) is 1.34. The number of carbonyl (C=O) groups is 1. The Morgan fingerprint density at radius 2 is 1.50 bits per heavy atom. The van der Waals surface area contributed by atoms with E-state index in [0.29, 0.717) is 12.2 Å². The predicted molar refractivity (Wildman–Crippen MR) is 103 cm³/mol. The second-order valence-electron chi connectivity index (χ2n) is 5.79. The molecular weight excluding hydrogens is 326 g/mol. The highest BCUT2D eigenvalue weighted by Crippen LogP contribution is 2.17. The van der Waals surface area contributed by atoms with Gasteiger partial charge in [-0.3, -0.25) is 4.79 Å². The summed E-state index contributed by atoms with van der Waals surface area (Å²) in [5.41, 5.74) is 2.54. The Balaban J connectivity index is 1.52. The largest absolute Gasteiger partial charge is 0.497 e. The molecule has 1 N–H and O–H groups in total. The molecule has 3 aromatic carbocycles. The van der Waals surface area contributed by atoms with E-state index < -0.39 is 0 Å². The van der Waals surface area contributed by atoms with Crippen molar-refractivity contribution in [2.75, 3.05) is 19.0 Å². The zero-order chi connectivity index (χ0) is 18.2. The first-order chi connectivity index (χ1) is 12.7. The summed E-state index contributed by atoms with van der Waals surface area (Å²) in [6.07, 6.45) is 0.848. The fourth-order valence-corrected chi connectivity index (χ4v) is 2.51. The van der Waals surface area contributed by atoms with Gasteiger partial charge in [0, 0.05) is 17.7 Å². The summed E-state index contributed by atoms with van der Waals surface area (Å²) >= 11 is 0. The van der Waals surface area contributed by atoms with E-state index in [0.717, 1.165) is 23.6 Å². The lowest BCUT2D eigenvalue weighted by Crippen LogP contribution is -2.11. The van der Waals surface area contributed by atoms with Crippen LogP contribution >= 0.6 is 0 Å². The second-order valence-corrected chi connectivity index (χ2v) is 5.79. The molecule has 0 aliphatic heterocycles. The van der Waals surface area contributed by atoms with E-state index in [1.54, 1.807) is 43.5 Å². The second kappa shape index (κ2) is 8.72. The summed E-state index contributed by atoms with van der Waals surface area (Å²) in [5, 5.41) is 2.86. The van der Waals surface area contributed by atoms with Gasteiger partial charge in [0.2, 0.25) is 0 Å².